The van der Waals surface area contributed by atoms with E-state index in [1.54, 1.807) is 12.1 Å². The fourth-order valence-corrected chi connectivity index (χ4v) is 4.14. The highest BCUT2D eigenvalue weighted by atomic mass is 35.5. The summed E-state index contributed by atoms with van der Waals surface area (Å²) in [5.74, 6) is 0.415. The first-order valence-corrected chi connectivity index (χ1v) is 7.92. The molecule has 2 atom stereocenters. The molecule has 0 saturated carbocycles. The zero-order valence-corrected chi connectivity index (χ0v) is 11.3. The number of benzene rings is 1. The third-order valence-corrected chi connectivity index (χ3v) is 5.08. The molecule has 1 fully saturated rings. The van der Waals surface area contributed by atoms with Crippen molar-refractivity contribution in [1.29, 1.82) is 0 Å². The van der Waals surface area contributed by atoms with Gasteiger partial charge < -0.3 is 5.32 Å². The average molecular weight is 274 g/mol. The van der Waals surface area contributed by atoms with Gasteiger partial charge in [-0.05, 0) is 24.1 Å². The Bertz CT molecular complexity index is 484. The summed E-state index contributed by atoms with van der Waals surface area (Å²) in [6, 6.07) is 7.29. The van der Waals surface area contributed by atoms with Gasteiger partial charge in [-0.1, -0.05) is 30.7 Å². The lowest BCUT2D eigenvalue weighted by atomic mass is 10.1. The van der Waals surface area contributed by atoms with Crippen molar-refractivity contribution in [3.63, 3.8) is 0 Å². The van der Waals surface area contributed by atoms with Gasteiger partial charge in [-0.25, -0.2) is 8.42 Å². The van der Waals surface area contributed by atoms with Gasteiger partial charge in [0, 0.05) is 17.1 Å². The summed E-state index contributed by atoms with van der Waals surface area (Å²) in [4.78, 5) is 0. The van der Waals surface area contributed by atoms with Crippen molar-refractivity contribution in [2.75, 3.05) is 11.5 Å². The summed E-state index contributed by atoms with van der Waals surface area (Å²) in [7, 11) is -2.95. The van der Waals surface area contributed by atoms with Gasteiger partial charge in [0.25, 0.3) is 0 Å². The standard InChI is InChI=1S/C12H16ClNO2S/c1-2-11-7-17(15,16)8-12(14-11)9-3-5-10(13)6-4-9/h3-6,11-12,14H,2,7-8H2,1H3. The van der Waals surface area contributed by atoms with Gasteiger partial charge in [-0.2, -0.15) is 0 Å². The molecule has 1 N–H and O–H groups in total. The fourth-order valence-electron chi connectivity index (χ4n) is 2.13. The number of nitrogens with one attached hydrogen (secondary N) is 1. The third-order valence-electron chi connectivity index (χ3n) is 3.08. The van der Waals surface area contributed by atoms with Gasteiger partial charge in [0.2, 0.25) is 0 Å². The molecule has 0 spiro atoms. The van der Waals surface area contributed by atoms with E-state index in [9.17, 15) is 8.42 Å². The third kappa shape index (κ3) is 3.21. The molecule has 94 valence electrons. The second kappa shape index (κ2) is 4.96. The van der Waals surface area contributed by atoms with Crippen molar-refractivity contribution in [3.8, 4) is 0 Å². The predicted molar refractivity (Wildman–Crippen MR) is 70.1 cm³/mol. The Morgan fingerprint density at radius 1 is 1.29 bits per heavy atom. The van der Waals surface area contributed by atoms with E-state index in [1.165, 1.54) is 0 Å². The fraction of sp³-hybridized carbons (Fsp3) is 0.500. The monoisotopic (exact) mass is 273 g/mol. The predicted octanol–water partition coefficient (Wildman–Crippen LogP) is 2.18. The van der Waals surface area contributed by atoms with E-state index in [0.29, 0.717) is 5.02 Å². The average Bonchev–Trinajstić information content (AvgIpc) is 2.27. The maximum absolute atomic E-state index is 11.8. The van der Waals surface area contributed by atoms with E-state index in [4.69, 9.17) is 11.6 Å². The van der Waals surface area contributed by atoms with Crippen molar-refractivity contribution in [2.45, 2.75) is 25.4 Å². The molecule has 2 unspecified atom stereocenters. The molecule has 0 amide bonds. The minimum Gasteiger partial charge on any atom is -0.305 e. The molecule has 1 aromatic carbocycles. The SMILES string of the molecule is CCC1CS(=O)(=O)CC(c2ccc(Cl)cc2)N1. The van der Waals surface area contributed by atoms with E-state index in [-0.39, 0.29) is 23.6 Å². The zero-order valence-electron chi connectivity index (χ0n) is 9.69. The Morgan fingerprint density at radius 3 is 2.53 bits per heavy atom. The first-order chi connectivity index (χ1) is 8.00. The van der Waals surface area contributed by atoms with Crippen molar-refractivity contribution in [1.82, 2.24) is 5.32 Å². The van der Waals surface area contributed by atoms with Crippen LogP contribution in [0.15, 0.2) is 24.3 Å². The van der Waals surface area contributed by atoms with Gasteiger partial charge >= 0.3 is 0 Å². The van der Waals surface area contributed by atoms with Crippen LogP contribution in [0.2, 0.25) is 5.02 Å². The van der Waals surface area contributed by atoms with Crippen LogP contribution >= 0.6 is 11.6 Å². The lowest BCUT2D eigenvalue weighted by molar-refractivity contribution is 0.440. The summed E-state index contributed by atoms with van der Waals surface area (Å²) in [6.45, 7) is 2.00. The van der Waals surface area contributed by atoms with Gasteiger partial charge in [-0.15, -0.1) is 0 Å². The van der Waals surface area contributed by atoms with Gasteiger partial charge in [0.1, 0.15) is 0 Å². The van der Waals surface area contributed by atoms with E-state index >= 15 is 0 Å². The largest absolute Gasteiger partial charge is 0.305 e. The Morgan fingerprint density at radius 2 is 1.94 bits per heavy atom. The van der Waals surface area contributed by atoms with Crippen LogP contribution in [0, 0.1) is 0 Å². The molecule has 0 aliphatic carbocycles. The summed E-state index contributed by atoms with van der Waals surface area (Å²) in [5, 5.41) is 4.04. The Labute approximate surface area is 107 Å². The lowest BCUT2D eigenvalue weighted by Gasteiger charge is -2.30. The van der Waals surface area contributed by atoms with Crippen LogP contribution in [-0.4, -0.2) is 26.0 Å². The molecule has 1 aromatic rings. The summed E-state index contributed by atoms with van der Waals surface area (Å²) < 4.78 is 23.6. The molecule has 17 heavy (non-hydrogen) atoms. The molecular formula is C12H16ClNO2S. The van der Waals surface area contributed by atoms with Crippen LogP contribution in [0.1, 0.15) is 24.9 Å². The lowest BCUT2D eigenvalue weighted by Crippen LogP contribution is -2.46. The van der Waals surface area contributed by atoms with Crippen molar-refractivity contribution in [3.05, 3.63) is 34.9 Å². The van der Waals surface area contributed by atoms with Crippen molar-refractivity contribution < 1.29 is 8.42 Å². The molecule has 1 heterocycles. The van der Waals surface area contributed by atoms with Gasteiger partial charge in [-0.3, -0.25) is 0 Å². The molecule has 2 rings (SSSR count). The molecule has 1 aliphatic rings. The van der Waals surface area contributed by atoms with Crippen LogP contribution in [0.5, 0.6) is 0 Å². The Kier molecular flexibility index (Phi) is 3.76. The first kappa shape index (κ1) is 12.9. The van der Waals surface area contributed by atoms with Crippen LogP contribution in [0.3, 0.4) is 0 Å². The molecule has 5 heteroatoms. The number of halogens is 1. The molecule has 0 radical (unpaired) electrons. The highest BCUT2D eigenvalue weighted by Gasteiger charge is 2.30. The minimum atomic E-state index is -2.95. The number of rotatable bonds is 2. The Balaban J connectivity index is 2.23. The number of sulfone groups is 1. The topological polar surface area (TPSA) is 46.2 Å². The van der Waals surface area contributed by atoms with Crippen molar-refractivity contribution in [2.24, 2.45) is 0 Å². The maximum atomic E-state index is 11.8. The number of hydrogen-bond donors (Lipinski definition) is 1. The smallest absolute Gasteiger partial charge is 0.153 e. The summed E-state index contributed by atoms with van der Waals surface area (Å²) in [5.41, 5.74) is 0.983. The highest BCUT2D eigenvalue weighted by Crippen LogP contribution is 2.23. The van der Waals surface area contributed by atoms with Gasteiger partial charge in [0.05, 0.1) is 11.5 Å². The molecule has 3 nitrogen and oxygen atoms in total. The first-order valence-electron chi connectivity index (χ1n) is 5.72. The summed E-state index contributed by atoms with van der Waals surface area (Å²) >= 11 is 5.82. The molecular weight excluding hydrogens is 258 g/mol. The number of hydrogen-bond acceptors (Lipinski definition) is 3. The van der Waals surface area contributed by atoms with Crippen LogP contribution < -0.4 is 5.32 Å². The van der Waals surface area contributed by atoms with E-state index in [2.05, 4.69) is 5.32 Å². The molecule has 0 bridgehead atoms. The second-order valence-corrected chi connectivity index (χ2v) is 7.04. The van der Waals surface area contributed by atoms with E-state index in [1.807, 2.05) is 19.1 Å². The molecule has 0 aromatic heterocycles. The van der Waals surface area contributed by atoms with Crippen LogP contribution in [0.25, 0.3) is 0 Å². The van der Waals surface area contributed by atoms with Crippen molar-refractivity contribution >= 4 is 21.4 Å². The van der Waals surface area contributed by atoms with E-state index in [0.717, 1.165) is 12.0 Å². The van der Waals surface area contributed by atoms with Crippen LogP contribution in [0.4, 0.5) is 0 Å². The zero-order chi connectivity index (χ0) is 12.5. The quantitative estimate of drug-likeness (QED) is 0.898. The minimum absolute atomic E-state index is 0.0504. The summed E-state index contributed by atoms with van der Waals surface area (Å²) in [6.07, 6.45) is 0.823. The van der Waals surface area contributed by atoms with Crippen LogP contribution in [-0.2, 0) is 9.84 Å². The van der Waals surface area contributed by atoms with E-state index < -0.39 is 9.84 Å². The molecule has 1 saturated heterocycles. The van der Waals surface area contributed by atoms with Gasteiger partial charge in [0.15, 0.2) is 9.84 Å². The Hall–Kier alpha value is -0.580. The second-order valence-electron chi connectivity index (χ2n) is 4.45. The molecule has 1 aliphatic heterocycles. The highest BCUT2D eigenvalue weighted by molar-refractivity contribution is 7.91. The maximum Gasteiger partial charge on any atom is 0.153 e. The normalized spacial score (nSPS) is 27.9.